The number of benzene rings is 1. The van der Waals surface area contributed by atoms with Crippen LogP contribution in [-0.2, 0) is 4.79 Å². The minimum absolute atomic E-state index is 0.0600. The van der Waals surface area contributed by atoms with Gasteiger partial charge in [0.15, 0.2) is 5.13 Å². The monoisotopic (exact) mass is 549 g/mol. The molecule has 1 amide bonds. The Morgan fingerprint density at radius 2 is 1.43 bits per heavy atom. The van der Waals surface area contributed by atoms with Gasteiger partial charge in [-0.3, -0.25) is 20.2 Å². The maximum atomic E-state index is 13.9. The lowest BCUT2D eigenvalue weighted by atomic mass is 9.94. The van der Waals surface area contributed by atoms with Gasteiger partial charge in [-0.2, -0.15) is 43.9 Å². The molecule has 1 heterocycles. The summed E-state index contributed by atoms with van der Waals surface area (Å²) in [5.74, 6) is -40.6. The first kappa shape index (κ1) is 28.1. The number of anilines is 1. The number of non-ortho nitro benzene ring substituents is 1. The molecule has 0 fully saturated rings. The lowest BCUT2D eigenvalue weighted by molar-refractivity contribution is -0.406. The quantitative estimate of drug-likeness (QED) is 0.233. The van der Waals surface area contributed by atoms with Crippen LogP contribution in [0.4, 0.5) is 63.5 Å². The van der Waals surface area contributed by atoms with Gasteiger partial charge in [-0.1, -0.05) is 0 Å². The highest BCUT2D eigenvalue weighted by molar-refractivity contribution is 7.14. The molecule has 0 aliphatic heterocycles. The molecule has 0 radical (unpaired) electrons. The van der Waals surface area contributed by atoms with Crippen LogP contribution >= 0.6 is 11.3 Å². The van der Waals surface area contributed by atoms with Crippen LogP contribution in [0.1, 0.15) is 0 Å². The molecule has 0 aliphatic carbocycles. The predicted molar refractivity (Wildman–Crippen MR) is 93.6 cm³/mol. The van der Waals surface area contributed by atoms with Crippen LogP contribution in [-0.4, -0.2) is 51.9 Å². The minimum atomic E-state index is -7.84. The molecule has 194 valence electrons. The van der Waals surface area contributed by atoms with E-state index >= 15 is 0 Å². The number of nitrogens with zero attached hydrogens (tertiary/aromatic N) is 2. The first-order valence-corrected chi connectivity index (χ1v) is 9.28. The molecule has 19 heteroatoms. The van der Waals surface area contributed by atoms with E-state index in [1.54, 1.807) is 0 Å². The molecule has 6 nitrogen and oxygen atoms in total. The number of carbonyl (C=O) groups is 1. The zero-order valence-electron chi connectivity index (χ0n) is 16.0. The highest BCUT2D eigenvalue weighted by Gasteiger charge is 2.89. The van der Waals surface area contributed by atoms with Gasteiger partial charge in [-0.25, -0.2) is 13.8 Å². The van der Waals surface area contributed by atoms with Crippen molar-refractivity contribution in [3.8, 4) is 11.3 Å². The van der Waals surface area contributed by atoms with E-state index in [2.05, 4.69) is 4.98 Å². The summed E-state index contributed by atoms with van der Waals surface area (Å²) in [6.07, 6.45) is -5.66. The Bertz CT molecular complexity index is 1100. The average Bonchev–Trinajstić information content (AvgIpc) is 3.21. The van der Waals surface area contributed by atoms with Crippen molar-refractivity contribution in [1.29, 1.82) is 0 Å². The molecule has 35 heavy (non-hydrogen) atoms. The third-order valence-electron chi connectivity index (χ3n) is 4.26. The minimum Gasteiger partial charge on any atom is -0.296 e. The summed E-state index contributed by atoms with van der Waals surface area (Å²) in [7, 11) is 0. The highest BCUT2D eigenvalue weighted by atomic mass is 32.1. The molecule has 0 saturated carbocycles. The largest absolute Gasteiger partial charge is 0.393 e. The summed E-state index contributed by atoms with van der Waals surface area (Å²) >= 11 is 0.221. The van der Waals surface area contributed by atoms with Crippen LogP contribution in [0.2, 0.25) is 0 Å². The molecular formula is C16H7F12N3O3S. The van der Waals surface area contributed by atoms with Crippen molar-refractivity contribution in [1.82, 2.24) is 4.98 Å². The van der Waals surface area contributed by atoms with Crippen LogP contribution < -0.4 is 5.32 Å². The summed E-state index contributed by atoms with van der Waals surface area (Å²) in [5, 5.41) is 11.5. The Balaban J connectivity index is 2.32. The van der Waals surface area contributed by atoms with E-state index in [1.165, 1.54) is 0 Å². The topological polar surface area (TPSA) is 85.1 Å². The smallest absolute Gasteiger partial charge is 0.296 e. The second-order valence-corrected chi connectivity index (χ2v) is 7.38. The standard InChI is InChI=1S/C16H7F12N3O3S/c17-9(18)12(19,20)14(23,24)16(27,28)15(25,26)13(21,22)10(32)30-11-29-8(5-35-11)6-1-3-7(4-2-6)31(33)34/h1-5,9H,(H,29,30,32). The van der Waals surface area contributed by atoms with Crippen molar-refractivity contribution in [2.24, 2.45) is 0 Å². The number of alkyl halides is 12. The zero-order valence-corrected chi connectivity index (χ0v) is 16.8. The molecule has 0 spiro atoms. The molecule has 1 N–H and O–H groups in total. The molecule has 0 unspecified atom stereocenters. The van der Waals surface area contributed by atoms with Gasteiger partial charge in [0.2, 0.25) is 0 Å². The van der Waals surface area contributed by atoms with Gasteiger partial charge < -0.3 is 0 Å². The number of aromatic nitrogens is 1. The van der Waals surface area contributed by atoms with Crippen LogP contribution in [0.5, 0.6) is 0 Å². The van der Waals surface area contributed by atoms with Gasteiger partial charge in [0, 0.05) is 23.1 Å². The van der Waals surface area contributed by atoms with Crippen molar-refractivity contribution in [3.05, 3.63) is 39.8 Å². The third-order valence-corrected chi connectivity index (χ3v) is 5.02. The lowest BCUT2D eigenvalue weighted by Gasteiger charge is -2.38. The SMILES string of the molecule is O=C(Nc1nc(-c2ccc([N+](=O)[O-])cc2)cs1)C(F)(F)C(F)(F)C(F)(F)C(F)(F)C(F)(F)C(F)F. The number of thiazole rings is 1. The first-order chi connectivity index (χ1) is 15.7. The van der Waals surface area contributed by atoms with Gasteiger partial charge >= 0.3 is 41.9 Å². The van der Waals surface area contributed by atoms with Crippen molar-refractivity contribution < 1.29 is 62.4 Å². The number of amides is 1. The average molecular weight is 549 g/mol. The molecule has 2 rings (SSSR count). The summed E-state index contributed by atoms with van der Waals surface area (Å²) in [6, 6.07) is 4.12. The van der Waals surface area contributed by atoms with Crippen LogP contribution in [0.15, 0.2) is 29.6 Å². The van der Waals surface area contributed by atoms with E-state index < -0.39 is 52.0 Å². The predicted octanol–water partition coefficient (Wildman–Crippen LogP) is 6.10. The number of hydrogen-bond acceptors (Lipinski definition) is 5. The van der Waals surface area contributed by atoms with Crippen LogP contribution in [0.25, 0.3) is 11.3 Å². The van der Waals surface area contributed by atoms with E-state index in [9.17, 15) is 67.6 Å². The molecule has 0 bridgehead atoms. The maximum absolute atomic E-state index is 13.9. The molecular weight excluding hydrogens is 542 g/mol. The summed E-state index contributed by atoms with van der Waals surface area (Å²) in [6.45, 7) is 0. The third kappa shape index (κ3) is 4.47. The van der Waals surface area contributed by atoms with Crippen molar-refractivity contribution >= 4 is 28.1 Å². The summed E-state index contributed by atoms with van der Waals surface area (Å²) < 4.78 is 158. The Morgan fingerprint density at radius 1 is 0.914 bits per heavy atom. The molecule has 1 aromatic carbocycles. The van der Waals surface area contributed by atoms with Crippen molar-refractivity contribution in [2.75, 3.05) is 5.32 Å². The van der Waals surface area contributed by atoms with Crippen molar-refractivity contribution in [2.45, 2.75) is 36.0 Å². The fourth-order valence-electron chi connectivity index (χ4n) is 2.28. The molecule has 0 saturated heterocycles. The normalized spacial score (nSPS) is 13.7. The second kappa shape index (κ2) is 8.83. The number of carbonyl (C=O) groups excluding carboxylic acids is 1. The Morgan fingerprint density at radius 3 is 1.89 bits per heavy atom. The Kier molecular flexibility index (Phi) is 7.09. The number of nitro benzene ring substituents is 1. The first-order valence-electron chi connectivity index (χ1n) is 8.40. The summed E-state index contributed by atoms with van der Waals surface area (Å²) in [4.78, 5) is 24.8. The molecule has 0 aliphatic rings. The highest BCUT2D eigenvalue weighted by Crippen LogP contribution is 2.58. The van der Waals surface area contributed by atoms with Gasteiger partial charge in [0.1, 0.15) is 0 Å². The Labute approximate surface area is 188 Å². The van der Waals surface area contributed by atoms with Gasteiger partial charge in [0.25, 0.3) is 5.69 Å². The number of nitro groups is 1. The number of nitrogens with one attached hydrogen (secondary N) is 1. The van der Waals surface area contributed by atoms with Gasteiger partial charge in [0.05, 0.1) is 10.6 Å². The Hall–Kier alpha value is -3.12. The van der Waals surface area contributed by atoms with E-state index in [-0.39, 0.29) is 28.3 Å². The molecule has 0 atom stereocenters. The number of rotatable bonds is 9. The number of hydrogen-bond donors (Lipinski definition) is 1. The number of halogens is 12. The molecule has 1 aromatic heterocycles. The van der Waals surface area contributed by atoms with Crippen molar-refractivity contribution in [3.63, 3.8) is 0 Å². The fourth-order valence-corrected chi connectivity index (χ4v) is 2.99. The van der Waals surface area contributed by atoms with E-state index in [0.717, 1.165) is 35.0 Å². The summed E-state index contributed by atoms with van der Waals surface area (Å²) in [5.41, 5.74) is -0.525. The van der Waals surface area contributed by atoms with E-state index in [4.69, 9.17) is 0 Å². The van der Waals surface area contributed by atoms with Crippen LogP contribution in [0, 0.1) is 10.1 Å². The second-order valence-electron chi connectivity index (χ2n) is 6.52. The van der Waals surface area contributed by atoms with Gasteiger partial charge in [-0.15, -0.1) is 11.3 Å². The molecule has 2 aromatic rings. The fraction of sp³-hybridized carbons (Fsp3) is 0.375. The lowest BCUT2D eigenvalue weighted by Crippen LogP contribution is -2.70. The van der Waals surface area contributed by atoms with E-state index in [0.29, 0.717) is 0 Å². The zero-order chi connectivity index (χ0) is 27.2. The maximum Gasteiger partial charge on any atom is 0.393 e. The van der Waals surface area contributed by atoms with Gasteiger partial charge in [-0.05, 0) is 12.1 Å². The van der Waals surface area contributed by atoms with E-state index in [1.807, 2.05) is 0 Å². The van der Waals surface area contributed by atoms with Crippen LogP contribution in [0.3, 0.4) is 0 Å².